The summed E-state index contributed by atoms with van der Waals surface area (Å²) in [7, 11) is 0. The largest absolute Gasteiger partial charge is 0.396 e. The predicted molar refractivity (Wildman–Crippen MR) is 96.1 cm³/mol. The zero-order chi connectivity index (χ0) is 16.9. The van der Waals surface area contributed by atoms with Crippen molar-refractivity contribution in [2.75, 3.05) is 39.3 Å². The van der Waals surface area contributed by atoms with Crippen LogP contribution in [0.15, 0.2) is 24.3 Å². The molecule has 2 atom stereocenters. The van der Waals surface area contributed by atoms with Gasteiger partial charge in [0.25, 0.3) is 0 Å². The summed E-state index contributed by atoms with van der Waals surface area (Å²) >= 11 is 5.90. The van der Waals surface area contributed by atoms with E-state index in [9.17, 15) is 9.90 Å². The number of aliphatic hydroxyl groups excluding tert-OH is 1. The molecule has 1 aromatic rings. The van der Waals surface area contributed by atoms with Crippen molar-refractivity contribution in [3.63, 3.8) is 0 Å². The molecule has 4 nitrogen and oxygen atoms in total. The van der Waals surface area contributed by atoms with E-state index in [-0.39, 0.29) is 18.4 Å². The van der Waals surface area contributed by atoms with Crippen LogP contribution in [0.4, 0.5) is 0 Å². The average Bonchev–Trinajstić information content (AvgIpc) is 3.01. The van der Waals surface area contributed by atoms with E-state index in [4.69, 9.17) is 11.6 Å². The lowest BCUT2D eigenvalue weighted by molar-refractivity contribution is -0.129. The molecule has 0 radical (unpaired) electrons. The first kappa shape index (κ1) is 17.7. The van der Waals surface area contributed by atoms with Crippen molar-refractivity contribution >= 4 is 17.5 Å². The zero-order valence-electron chi connectivity index (χ0n) is 14.2. The predicted octanol–water partition coefficient (Wildman–Crippen LogP) is 2.44. The van der Waals surface area contributed by atoms with E-state index in [1.807, 2.05) is 29.2 Å². The molecule has 3 rings (SSSR count). The summed E-state index contributed by atoms with van der Waals surface area (Å²) in [4.78, 5) is 17.0. The van der Waals surface area contributed by atoms with Crippen LogP contribution < -0.4 is 0 Å². The Morgan fingerprint density at radius 2 is 1.75 bits per heavy atom. The Bertz CT molecular complexity index is 543. The molecule has 0 aromatic heterocycles. The number of carbonyl (C=O) groups is 1. The average molecular weight is 351 g/mol. The van der Waals surface area contributed by atoms with Crippen LogP contribution in [0.1, 0.15) is 24.8 Å². The number of piperidine rings is 1. The fraction of sp³-hybridized carbons (Fsp3) is 0.632. The minimum atomic E-state index is 0.150. The van der Waals surface area contributed by atoms with E-state index < -0.39 is 0 Å². The second-order valence-corrected chi connectivity index (χ2v) is 7.60. The molecule has 0 spiro atoms. The number of benzene rings is 1. The molecule has 132 valence electrons. The van der Waals surface area contributed by atoms with Gasteiger partial charge in [-0.3, -0.25) is 4.79 Å². The lowest BCUT2D eigenvalue weighted by Crippen LogP contribution is -2.37. The second-order valence-electron chi connectivity index (χ2n) is 7.17. The van der Waals surface area contributed by atoms with Crippen LogP contribution in [0.3, 0.4) is 0 Å². The van der Waals surface area contributed by atoms with Gasteiger partial charge in [0.15, 0.2) is 0 Å². The van der Waals surface area contributed by atoms with Crippen molar-refractivity contribution in [2.45, 2.75) is 25.7 Å². The lowest BCUT2D eigenvalue weighted by Gasteiger charge is -2.30. The summed E-state index contributed by atoms with van der Waals surface area (Å²) in [5, 5.41) is 10.4. The maximum absolute atomic E-state index is 12.6. The summed E-state index contributed by atoms with van der Waals surface area (Å²) in [6.45, 7) is 4.95. The number of hydrogen-bond acceptors (Lipinski definition) is 3. The van der Waals surface area contributed by atoms with Crippen LogP contribution in [0.25, 0.3) is 0 Å². The van der Waals surface area contributed by atoms with E-state index in [1.54, 1.807) is 0 Å². The number of rotatable bonds is 5. The highest BCUT2D eigenvalue weighted by molar-refractivity contribution is 6.30. The zero-order valence-corrected chi connectivity index (χ0v) is 14.9. The Hall–Kier alpha value is -1.10. The summed E-state index contributed by atoms with van der Waals surface area (Å²) in [6, 6.07) is 7.46. The van der Waals surface area contributed by atoms with Crippen molar-refractivity contribution in [1.82, 2.24) is 9.80 Å². The standard InChI is InChI=1S/C19H27ClN2O2/c20-18-6-4-15(5-7-18)10-19(24)22-12-16(17(13-22)14-23)11-21-8-2-1-3-9-21/h4-7,16-17,23H,1-3,8-14H2/t16-,17-/m0/s1. The Morgan fingerprint density at radius 3 is 2.42 bits per heavy atom. The topological polar surface area (TPSA) is 43.8 Å². The van der Waals surface area contributed by atoms with Gasteiger partial charge >= 0.3 is 0 Å². The monoisotopic (exact) mass is 350 g/mol. The smallest absolute Gasteiger partial charge is 0.227 e. The lowest BCUT2D eigenvalue weighted by atomic mass is 9.95. The third-order valence-corrected chi connectivity index (χ3v) is 5.63. The van der Waals surface area contributed by atoms with Crippen molar-refractivity contribution in [3.05, 3.63) is 34.9 Å². The van der Waals surface area contributed by atoms with Crippen molar-refractivity contribution in [3.8, 4) is 0 Å². The Labute approximate surface area is 149 Å². The van der Waals surface area contributed by atoms with Crippen LogP contribution in [-0.4, -0.2) is 60.1 Å². The molecular weight excluding hydrogens is 324 g/mol. The Balaban J connectivity index is 1.56. The number of carbonyl (C=O) groups excluding carboxylic acids is 1. The number of likely N-dealkylation sites (tertiary alicyclic amines) is 2. The summed E-state index contributed by atoms with van der Waals surface area (Å²) in [5.74, 6) is 0.750. The maximum Gasteiger partial charge on any atom is 0.227 e. The normalized spacial score (nSPS) is 25.2. The molecule has 0 saturated carbocycles. The highest BCUT2D eigenvalue weighted by Gasteiger charge is 2.35. The molecule has 0 bridgehead atoms. The Kier molecular flexibility index (Phi) is 6.14. The van der Waals surface area contributed by atoms with E-state index >= 15 is 0 Å². The van der Waals surface area contributed by atoms with Gasteiger partial charge in [-0.2, -0.15) is 0 Å². The first-order valence-electron chi connectivity index (χ1n) is 9.01. The number of halogens is 1. The van der Waals surface area contributed by atoms with Gasteiger partial charge in [0, 0.05) is 37.2 Å². The molecule has 24 heavy (non-hydrogen) atoms. The molecule has 2 saturated heterocycles. The first-order chi connectivity index (χ1) is 11.7. The van der Waals surface area contributed by atoms with Crippen molar-refractivity contribution in [2.24, 2.45) is 11.8 Å². The van der Waals surface area contributed by atoms with E-state index in [1.165, 1.54) is 19.3 Å². The maximum atomic E-state index is 12.6. The molecule has 2 fully saturated rings. The van der Waals surface area contributed by atoms with Crippen molar-refractivity contribution < 1.29 is 9.90 Å². The molecule has 2 aliphatic heterocycles. The van der Waals surface area contributed by atoms with Gasteiger partial charge in [0.2, 0.25) is 5.91 Å². The number of hydrogen-bond donors (Lipinski definition) is 1. The molecule has 0 unspecified atom stereocenters. The number of aliphatic hydroxyl groups is 1. The van der Waals surface area contributed by atoms with Gasteiger partial charge in [-0.1, -0.05) is 30.2 Å². The molecular formula is C19H27ClN2O2. The van der Waals surface area contributed by atoms with Gasteiger partial charge in [0.05, 0.1) is 6.42 Å². The molecule has 2 aliphatic rings. The molecule has 2 heterocycles. The molecule has 1 aromatic carbocycles. The van der Waals surface area contributed by atoms with Crippen LogP contribution in [-0.2, 0) is 11.2 Å². The van der Waals surface area contributed by atoms with Gasteiger partial charge in [-0.25, -0.2) is 0 Å². The van der Waals surface area contributed by atoms with E-state index in [2.05, 4.69) is 4.90 Å². The van der Waals surface area contributed by atoms with E-state index in [0.717, 1.165) is 31.7 Å². The van der Waals surface area contributed by atoms with Crippen molar-refractivity contribution in [1.29, 1.82) is 0 Å². The SMILES string of the molecule is O=C(Cc1ccc(Cl)cc1)N1C[C@@H](CO)[C@@H](CN2CCCCC2)C1. The van der Waals surface area contributed by atoms with Crippen LogP contribution in [0.2, 0.25) is 5.02 Å². The van der Waals surface area contributed by atoms with Gasteiger partial charge in [-0.15, -0.1) is 0 Å². The minimum Gasteiger partial charge on any atom is -0.396 e. The second kappa shape index (κ2) is 8.32. The number of amides is 1. The van der Waals surface area contributed by atoms with Crippen LogP contribution in [0.5, 0.6) is 0 Å². The highest BCUT2D eigenvalue weighted by Crippen LogP contribution is 2.26. The fourth-order valence-corrected chi connectivity index (χ4v) is 4.04. The fourth-order valence-electron chi connectivity index (χ4n) is 3.92. The highest BCUT2D eigenvalue weighted by atomic mass is 35.5. The minimum absolute atomic E-state index is 0.150. The van der Waals surface area contributed by atoms with Crippen LogP contribution in [0, 0.1) is 11.8 Å². The quantitative estimate of drug-likeness (QED) is 0.887. The summed E-state index contributed by atoms with van der Waals surface area (Å²) in [6.07, 6.45) is 4.29. The summed E-state index contributed by atoms with van der Waals surface area (Å²) < 4.78 is 0. The van der Waals surface area contributed by atoms with E-state index in [0.29, 0.717) is 23.9 Å². The first-order valence-corrected chi connectivity index (χ1v) is 9.39. The summed E-state index contributed by atoms with van der Waals surface area (Å²) in [5.41, 5.74) is 0.990. The Morgan fingerprint density at radius 1 is 1.08 bits per heavy atom. The van der Waals surface area contributed by atoms with Crippen LogP contribution >= 0.6 is 11.6 Å². The molecule has 1 amide bonds. The number of nitrogens with zero attached hydrogens (tertiary/aromatic N) is 2. The van der Waals surface area contributed by atoms with Gasteiger partial charge in [-0.05, 0) is 49.5 Å². The molecule has 1 N–H and O–H groups in total. The third-order valence-electron chi connectivity index (χ3n) is 5.37. The third kappa shape index (κ3) is 4.50. The molecule has 5 heteroatoms. The molecule has 0 aliphatic carbocycles. The van der Waals surface area contributed by atoms with Gasteiger partial charge < -0.3 is 14.9 Å². The van der Waals surface area contributed by atoms with Gasteiger partial charge in [0.1, 0.15) is 0 Å².